The fraction of sp³-hybridized carbons (Fsp3) is 0.667. The standard InChI is InChI=1S/C6H9ClO2/c7-4-2-1-3-5(8)6(4)9/h2,5-6,8-9H,1,3H2/t5-,6-/m0/s1. The maximum atomic E-state index is 9.00. The summed E-state index contributed by atoms with van der Waals surface area (Å²) < 4.78 is 0. The molecule has 2 nitrogen and oxygen atoms in total. The van der Waals surface area contributed by atoms with E-state index in [0.717, 1.165) is 6.42 Å². The van der Waals surface area contributed by atoms with Gasteiger partial charge in [0.25, 0.3) is 0 Å². The van der Waals surface area contributed by atoms with E-state index in [1.54, 1.807) is 6.08 Å². The summed E-state index contributed by atoms with van der Waals surface area (Å²) in [6.45, 7) is 0. The molecule has 0 bridgehead atoms. The molecule has 0 radical (unpaired) electrons. The summed E-state index contributed by atoms with van der Waals surface area (Å²) in [5.41, 5.74) is 0. The van der Waals surface area contributed by atoms with E-state index in [4.69, 9.17) is 21.8 Å². The van der Waals surface area contributed by atoms with Crippen LogP contribution in [-0.2, 0) is 0 Å². The molecule has 0 aromatic carbocycles. The molecule has 1 aliphatic rings. The Kier molecular flexibility index (Phi) is 2.11. The van der Waals surface area contributed by atoms with Gasteiger partial charge in [-0.3, -0.25) is 0 Å². The van der Waals surface area contributed by atoms with Gasteiger partial charge in [-0.1, -0.05) is 17.7 Å². The lowest BCUT2D eigenvalue weighted by atomic mass is 10.0. The highest BCUT2D eigenvalue weighted by molar-refractivity contribution is 6.30. The van der Waals surface area contributed by atoms with E-state index >= 15 is 0 Å². The van der Waals surface area contributed by atoms with Gasteiger partial charge in [-0.25, -0.2) is 0 Å². The Morgan fingerprint density at radius 1 is 1.56 bits per heavy atom. The number of aliphatic hydroxyl groups excluding tert-OH is 2. The Hall–Kier alpha value is -0.0500. The van der Waals surface area contributed by atoms with Crippen molar-refractivity contribution in [3.05, 3.63) is 11.1 Å². The van der Waals surface area contributed by atoms with Crippen molar-refractivity contribution in [3.63, 3.8) is 0 Å². The average Bonchev–Trinajstić information content (AvgIpc) is 1.83. The number of hydrogen-bond acceptors (Lipinski definition) is 2. The zero-order chi connectivity index (χ0) is 6.85. The SMILES string of the molecule is O[C@H]1CCC=C(Cl)[C@@H]1O. The van der Waals surface area contributed by atoms with Crippen molar-refractivity contribution in [2.75, 3.05) is 0 Å². The van der Waals surface area contributed by atoms with Crippen LogP contribution in [0.3, 0.4) is 0 Å². The van der Waals surface area contributed by atoms with Crippen LogP contribution in [0.4, 0.5) is 0 Å². The first kappa shape index (κ1) is 7.06. The Bertz CT molecular complexity index is 133. The van der Waals surface area contributed by atoms with Crippen molar-refractivity contribution in [1.82, 2.24) is 0 Å². The summed E-state index contributed by atoms with van der Waals surface area (Å²) in [6, 6.07) is 0. The highest BCUT2D eigenvalue weighted by atomic mass is 35.5. The Labute approximate surface area is 58.8 Å². The van der Waals surface area contributed by atoms with Crippen molar-refractivity contribution >= 4 is 11.6 Å². The second-order valence-electron chi connectivity index (χ2n) is 2.18. The normalized spacial score (nSPS) is 36.1. The summed E-state index contributed by atoms with van der Waals surface area (Å²) in [5.74, 6) is 0. The van der Waals surface area contributed by atoms with E-state index in [-0.39, 0.29) is 0 Å². The van der Waals surface area contributed by atoms with Crippen LogP contribution >= 0.6 is 11.6 Å². The van der Waals surface area contributed by atoms with E-state index in [9.17, 15) is 0 Å². The molecule has 0 saturated heterocycles. The zero-order valence-corrected chi connectivity index (χ0v) is 5.67. The van der Waals surface area contributed by atoms with Gasteiger partial charge >= 0.3 is 0 Å². The fourth-order valence-electron chi connectivity index (χ4n) is 0.854. The van der Waals surface area contributed by atoms with Crippen LogP contribution in [0.1, 0.15) is 12.8 Å². The van der Waals surface area contributed by atoms with Crippen LogP contribution in [0.2, 0.25) is 0 Å². The van der Waals surface area contributed by atoms with Gasteiger partial charge in [0, 0.05) is 5.03 Å². The summed E-state index contributed by atoms with van der Waals surface area (Å²) in [5, 5.41) is 18.3. The van der Waals surface area contributed by atoms with E-state index in [1.165, 1.54) is 0 Å². The molecule has 1 rings (SSSR count). The van der Waals surface area contributed by atoms with Crippen LogP contribution in [0.5, 0.6) is 0 Å². The number of halogens is 1. The van der Waals surface area contributed by atoms with Gasteiger partial charge in [0.2, 0.25) is 0 Å². The van der Waals surface area contributed by atoms with Gasteiger partial charge in [0.05, 0.1) is 6.10 Å². The first-order chi connectivity index (χ1) is 4.22. The quantitative estimate of drug-likeness (QED) is 0.529. The third kappa shape index (κ3) is 1.45. The number of allylic oxidation sites excluding steroid dienone is 1. The summed E-state index contributed by atoms with van der Waals surface area (Å²) in [7, 11) is 0. The molecule has 0 aromatic rings. The molecule has 9 heavy (non-hydrogen) atoms. The van der Waals surface area contributed by atoms with E-state index in [2.05, 4.69) is 0 Å². The maximum absolute atomic E-state index is 9.00. The fourth-order valence-corrected chi connectivity index (χ4v) is 1.11. The largest absolute Gasteiger partial charge is 0.390 e. The summed E-state index contributed by atoms with van der Waals surface area (Å²) >= 11 is 5.51. The molecule has 0 aliphatic heterocycles. The molecule has 2 atom stereocenters. The Morgan fingerprint density at radius 2 is 2.22 bits per heavy atom. The van der Waals surface area contributed by atoms with E-state index in [1.807, 2.05) is 0 Å². The molecule has 3 heteroatoms. The summed E-state index contributed by atoms with van der Waals surface area (Å²) in [4.78, 5) is 0. The molecule has 52 valence electrons. The lowest BCUT2D eigenvalue weighted by Crippen LogP contribution is -2.28. The summed E-state index contributed by atoms with van der Waals surface area (Å²) in [6.07, 6.45) is 1.59. The third-order valence-corrected chi connectivity index (χ3v) is 1.83. The highest BCUT2D eigenvalue weighted by Crippen LogP contribution is 2.21. The van der Waals surface area contributed by atoms with E-state index < -0.39 is 12.2 Å². The molecule has 0 unspecified atom stereocenters. The molecule has 0 saturated carbocycles. The van der Waals surface area contributed by atoms with Gasteiger partial charge in [0.15, 0.2) is 0 Å². The number of aliphatic hydroxyl groups is 2. The lowest BCUT2D eigenvalue weighted by Gasteiger charge is -2.20. The smallest absolute Gasteiger partial charge is 0.115 e. The van der Waals surface area contributed by atoms with Gasteiger partial charge in [-0.2, -0.15) is 0 Å². The van der Waals surface area contributed by atoms with Gasteiger partial charge in [-0.05, 0) is 12.8 Å². The van der Waals surface area contributed by atoms with Gasteiger partial charge < -0.3 is 10.2 Å². The maximum Gasteiger partial charge on any atom is 0.115 e. The van der Waals surface area contributed by atoms with Crippen LogP contribution < -0.4 is 0 Å². The Balaban J connectivity index is 2.62. The third-order valence-electron chi connectivity index (χ3n) is 1.45. The van der Waals surface area contributed by atoms with Crippen molar-refractivity contribution in [3.8, 4) is 0 Å². The molecule has 2 N–H and O–H groups in total. The highest BCUT2D eigenvalue weighted by Gasteiger charge is 2.21. The minimum Gasteiger partial charge on any atom is -0.390 e. The molecule has 0 fully saturated rings. The van der Waals surface area contributed by atoms with Crippen molar-refractivity contribution < 1.29 is 10.2 Å². The van der Waals surface area contributed by atoms with Crippen LogP contribution in [-0.4, -0.2) is 22.4 Å². The van der Waals surface area contributed by atoms with Gasteiger partial charge in [-0.15, -0.1) is 0 Å². The number of rotatable bonds is 0. The van der Waals surface area contributed by atoms with Crippen LogP contribution in [0, 0.1) is 0 Å². The molecular weight excluding hydrogens is 140 g/mol. The zero-order valence-electron chi connectivity index (χ0n) is 4.92. The van der Waals surface area contributed by atoms with Gasteiger partial charge in [0.1, 0.15) is 6.10 Å². The molecular formula is C6H9ClO2. The lowest BCUT2D eigenvalue weighted by molar-refractivity contribution is 0.0360. The monoisotopic (exact) mass is 148 g/mol. The van der Waals surface area contributed by atoms with E-state index in [0.29, 0.717) is 11.5 Å². The first-order valence-electron chi connectivity index (χ1n) is 2.93. The molecule has 0 spiro atoms. The van der Waals surface area contributed by atoms with Crippen molar-refractivity contribution in [1.29, 1.82) is 0 Å². The average molecular weight is 149 g/mol. The topological polar surface area (TPSA) is 40.5 Å². The second kappa shape index (κ2) is 2.69. The predicted octanol–water partition coefficient (Wildman–Crippen LogP) is 0.625. The molecule has 1 aliphatic carbocycles. The van der Waals surface area contributed by atoms with Crippen LogP contribution in [0.15, 0.2) is 11.1 Å². The minimum absolute atomic E-state index is 0.369. The first-order valence-corrected chi connectivity index (χ1v) is 3.31. The molecule has 0 heterocycles. The second-order valence-corrected chi connectivity index (χ2v) is 2.61. The van der Waals surface area contributed by atoms with Crippen LogP contribution in [0.25, 0.3) is 0 Å². The van der Waals surface area contributed by atoms with Crippen molar-refractivity contribution in [2.24, 2.45) is 0 Å². The molecule has 0 aromatic heterocycles. The number of hydrogen-bond donors (Lipinski definition) is 2. The van der Waals surface area contributed by atoms with Crippen molar-refractivity contribution in [2.45, 2.75) is 25.0 Å². The predicted molar refractivity (Wildman–Crippen MR) is 35.2 cm³/mol. The minimum atomic E-state index is -0.847. The molecule has 0 amide bonds. The Morgan fingerprint density at radius 3 is 2.67 bits per heavy atom.